The molecule has 0 fully saturated rings. The zero-order valence-corrected chi connectivity index (χ0v) is 12.6. The van der Waals surface area contributed by atoms with Crippen molar-refractivity contribution in [2.75, 3.05) is 0 Å². The highest BCUT2D eigenvalue weighted by molar-refractivity contribution is 5.25. The lowest BCUT2D eigenvalue weighted by Crippen LogP contribution is -2.16. The van der Waals surface area contributed by atoms with Crippen LogP contribution in [0, 0.1) is 0 Å². The molecule has 0 radical (unpaired) electrons. The summed E-state index contributed by atoms with van der Waals surface area (Å²) in [6.45, 7) is 10.9. The largest absolute Gasteiger partial charge is 0.328 e. The molecule has 0 aromatic carbocycles. The Morgan fingerprint density at radius 3 is 2.44 bits per heavy atom. The molecule has 1 atom stereocenters. The lowest BCUT2D eigenvalue weighted by Gasteiger charge is -2.20. The summed E-state index contributed by atoms with van der Waals surface area (Å²) < 4.78 is 0. The van der Waals surface area contributed by atoms with E-state index >= 15 is 0 Å². The molecular weight excluding hydrogens is 220 g/mol. The van der Waals surface area contributed by atoms with Crippen molar-refractivity contribution >= 4 is 0 Å². The molecule has 0 aliphatic carbocycles. The Hall–Kier alpha value is -0.890. The van der Waals surface area contributed by atoms with Gasteiger partial charge in [-0.1, -0.05) is 27.7 Å². The fourth-order valence-corrected chi connectivity index (χ4v) is 1.97. The number of hydrogen-bond donors (Lipinski definition) is 1. The van der Waals surface area contributed by atoms with E-state index in [0.717, 1.165) is 25.7 Å². The molecule has 0 aliphatic rings. The van der Waals surface area contributed by atoms with E-state index < -0.39 is 0 Å². The maximum atomic E-state index is 5.79. The standard InChI is InChI=1S/C16H28N2/c1-6-13-10-14(9-7-8-12(2)17)18-15(11-13)16(3,4)5/h10-12H,6-9,17H2,1-5H3/t12-/m0/s1. The molecule has 0 unspecified atom stereocenters. The Morgan fingerprint density at radius 2 is 1.94 bits per heavy atom. The molecule has 1 heterocycles. The summed E-state index contributed by atoms with van der Waals surface area (Å²) in [5.41, 5.74) is 9.74. The molecular formula is C16H28N2. The third-order valence-electron chi connectivity index (χ3n) is 3.21. The van der Waals surface area contributed by atoms with Crippen molar-refractivity contribution < 1.29 is 0 Å². The van der Waals surface area contributed by atoms with E-state index in [0.29, 0.717) is 6.04 Å². The van der Waals surface area contributed by atoms with Gasteiger partial charge in [-0.05, 0) is 50.3 Å². The monoisotopic (exact) mass is 248 g/mol. The molecule has 2 heteroatoms. The second-order valence-electron chi connectivity index (χ2n) is 6.33. The first-order chi connectivity index (χ1) is 8.32. The number of nitrogens with two attached hydrogens (primary N) is 1. The van der Waals surface area contributed by atoms with E-state index in [4.69, 9.17) is 10.7 Å². The van der Waals surface area contributed by atoms with Gasteiger partial charge < -0.3 is 5.73 Å². The molecule has 0 bridgehead atoms. The number of aromatic nitrogens is 1. The zero-order valence-electron chi connectivity index (χ0n) is 12.6. The fraction of sp³-hybridized carbons (Fsp3) is 0.688. The molecule has 2 N–H and O–H groups in total. The first-order valence-corrected chi connectivity index (χ1v) is 7.09. The fourth-order valence-electron chi connectivity index (χ4n) is 1.97. The van der Waals surface area contributed by atoms with Crippen molar-refractivity contribution in [1.29, 1.82) is 0 Å². The van der Waals surface area contributed by atoms with Crippen LogP contribution in [0.2, 0.25) is 0 Å². The van der Waals surface area contributed by atoms with Crippen LogP contribution in [0.3, 0.4) is 0 Å². The summed E-state index contributed by atoms with van der Waals surface area (Å²) in [7, 11) is 0. The van der Waals surface area contributed by atoms with Gasteiger partial charge in [-0.2, -0.15) is 0 Å². The maximum absolute atomic E-state index is 5.79. The van der Waals surface area contributed by atoms with Crippen molar-refractivity contribution in [2.24, 2.45) is 5.73 Å². The highest BCUT2D eigenvalue weighted by Gasteiger charge is 2.16. The molecule has 0 saturated heterocycles. The summed E-state index contributed by atoms with van der Waals surface area (Å²) in [5, 5.41) is 0. The normalized spacial score (nSPS) is 13.7. The number of pyridine rings is 1. The van der Waals surface area contributed by atoms with Gasteiger partial charge in [-0.3, -0.25) is 4.98 Å². The van der Waals surface area contributed by atoms with Crippen LogP contribution in [-0.4, -0.2) is 11.0 Å². The second kappa shape index (κ2) is 6.33. The average Bonchev–Trinajstić information content (AvgIpc) is 2.27. The Kier molecular flexibility index (Phi) is 5.33. The van der Waals surface area contributed by atoms with Gasteiger partial charge in [0.1, 0.15) is 0 Å². The number of aryl methyl sites for hydroxylation is 2. The van der Waals surface area contributed by atoms with Crippen LogP contribution < -0.4 is 5.73 Å². The summed E-state index contributed by atoms with van der Waals surface area (Å²) in [4.78, 5) is 4.81. The molecule has 0 spiro atoms. The van der Waals surface area contributed by atoms with Gasteiger partial charge >= 0.3 is 0 Å². The van der Waals surface area contributed by atoms with Crippen LogP contribution in [0.1, 0.15) is 64.4 Å². The van der Waals surface area contributed by atoms with E-state index in [1.165, 1.54) is 17.0 Å². The SMILES string of the molecule is CCc1cc(CCC[C@H](C)N)nc(C(C)(C)C)c1. The lowest BCUT2D eigenvalue weighted by molar-refractivity contribution is 0.560. The van der Waals surface area contributed by atoms with Crippen LogP contribution in [0.5, 0.6) is 0 Å². The van der Waals surface area contributed by atoms with E-state index in [9.17, 15) is 0 Å². The molecule has 1 rings (SSSR count). The van der Waals surface area contributed by atoms with Gasteiger partial charge in [0.05, 0.1) is 0 Å². The number of hydrogen-bond acceptors (Lipinski definition) is 2. The van der Waals surface area contributed by atoms with Crippen LogP contribution >= 0.6 is 0 Å². The van der Waals surface area contributed by atoms with Crippen molar-refractivity contribution in [3.63, 3.8) is 0 Å². The van der Waals surface area contributed by atoms with E-state index in [2.05, 4.69) is 46.8 Å². The Morgan fingerprint density at radius 1 is 1.28 bits per heavy atom. The number of rotatable bonds is 5. The van der Waals surface area contributed by atoms with Crippen LogP contribution in [0.4, 0.5) is 0 Å². The second-order valence-corrected chi connectivity index (χ2v) is 6.33. The first kappa shape index (κ1) is 15.2. The molecule has 102 valence electrons. The summed E-state index contributed by atoms with van der Waals surface area (Å²) in [5.74, 6) is 0. The summed E-state index contributed by atoms with van der Waals surface area (Å²) in [6, 6.07) is 4.78. The third-order valence-corrected chi connectivity index (χ3v) is 3.21. The van der Waals surface area contributed by atoms with E-state index in [1.807, 2.05) is 0 Å². The maximum Gasteiger partial charge on any atom is 0.0463 e. The van der Waals surface area contributed by atoms with Gasteiger partial charge in [0.2, 0.25) is 0 Å². The molecule has 0 saturated carbocycles. The Bertz CT molecular complexity index is 375. The van der Waals surface area contributed by atoms with Gasteiger partial charge in [0.15, 0.2) is 0 Å². The molecule has 0 amide bonds. The molecule has 2 nitrogen and oxygen atoms in total. The van der Waals surface area contributed by atoms with Gasteiger partial charge in [-0.25, -0.2) is 0 Å². The minimum absolute atomic E-state index is 0.126. The lowest BCUT2D eigenvalue weighted by atomic mass is 9.90. The molecule has 1 aromatic heterocycles. The van der Waals surface area contributed by atoms with Crippen molar-refractivity contribution in [3.05, 3.63) is 29.1 Å². The highest BCUT2D eigenvalue weighted by atomic mass is 14.7. The van der Waals surface area contributed by atoms with Crippen molar-refractivity contribution in [2.45, 2.75) is 71.8 Å². The topological polar surface area (TPSA) is 38.9 Å². The Balaban J connectivity index is 2.84. The summed E-state index contributed by atoms with van der Waals surface area (Å²) in [6.07, 6.45) is 4.31. The van der Waals surface area contributed by atoms with Gasteiger partial charge in [0.25, 0.3) is 0 Å². The third kappa shape index (κ3) is 4.77. The van der Waals surface area contributed by atoms with Crippen molar-refractivity contribution in [3.8, 4) is 0 Å². The van der Waals surface area contributed by atoms with E-state index in [1.54, 1.807) is 0 Å². The highest BCUT2D eigenvalue weighted by Crippen LogP contribution is 2.22. The number of nitrogens with zero attached hydrogens (tertiary/aromatic N) is 1. The predicted octanol–water partition coefficient (Wildman–Crippen LogP) is 3.61. The molecule has 1 aromatic rings. The van der Waals surface area contributed by atoms with Gasteiger partial charge in [-0.15, -0.1) is 0 Å². The van der Waals surface area contributed by atoms with Crippen molar-refractivity contribution in [1.82, 2.24) is 4.98 Å². The van der Waals surface area contributed by atoms with Crippen LogP contribution in [0.25, 0.3) is 0 Å². The Labute approximate surface area is 112 Å². The molecule has 0 aliphatic heterocycles. The zero-order chi connectivity index (χ0) is 13.8. The summed E-state index contributed by atoms with van der Waals surface area (Å²) >= 11 is 0. The first-order valence-electron chi connectivity index (χ1n) is 7.09. The minimum Gasteiger partial charge on any atom is -0.328 e. The minimum atomic E-state index is 0.126. The van der Waals surface area contributed by atoms with Crippen LogP contribution in [0.15, 0.2) is 12.1 Å². The van der Waals surface area contributed by atoms with Gasteiger partial charge in [0, 0.05) is 22.8 Å². The quantitative estimate of drug-likeness (QED) is 0.864. The average molecular weight is 248 g/mol. The van der Waals surface area contributed by atoms with E-state index in [-0.39, 0.29) is 5.41 Å². The predicted molar refractivity (Wildman–Crippen MR) is 78.9 cm³/mol. The molecule has 18 heavy (non-hydrogen) atoms. The van der Waals surface area contributed by atoms with Crippen LogP contribution in [-0.2, 0) is 18.3 Å². The smallest absolute Gasteiger partial charge is 0.0463 e.